The third-order valence-electron chi connectivity index (χ3n) is 6.36. The van der Waals surface area contributed by atoms with Crippen LogP contribution in [-0.4, -0.2) is 20.0 Å². The molecule has 1 N–H and O–H groups in total. The number of hydrogen-bond donors (Lipinski definition) is 1. The maximum Gasteiger partial charge on any atom is 0.331 e. The van der Waals surface area contributed by atoms with E-state index in [1.54, 1.807) is 25.2 Å². The van der Waals surface area contributed by atoms with E-state index >= 15 is 0 Å². The molecule has 7 nitrogen and oxygen atoms in total. The first kappa shape index (κ1) is 22.3. The SMILES string of the molecule is CCc1ccc(-c2csc(NC(=O)Cc3cccc4c3c(=O)n(CC3CC3)c(=O)n4C)n2)cc1. The summed E-state index contributed by atoms with van der Waals surface area (Å²) in [5.74, 6) is 0.132. The number of carbonyl (C=O) groups excluding carboxylic acids is 1. The van der Waals surface area contributed by atoms with Crippen molar-refractivity contribution < 1.29 is 4.79 Å². The molecular formula is C26H26N4O3S. The summed E-state index contributed by atoms with van der Waals surface area (Å²) in [6.07, 6.45) is 3.08. The molecule has 1 saturated carbocycles. The van der Waals surface area contributed by atoms with Crippen LogP contribution in [0.4, 0.5) is 5.13 Å². The van der Waals surface area contributed by atoms with E-state index in [9.17, 15) is 14.4 Å². The number of nitrogens with one attached hydrogen (secondary N) is 1. The van der Waals surface area contributed by atoms with Crippen molar-refractivity contribution in [3.63, 3.8) is 0 Å². The Hall–Kier alpha value is -3.52. The van der Waals surface area contributed by atoms with Gasteiger partial charge in [-0.1, -0.05) is 43.3 Å². The van der Waals surface area contributed by atoms with Crippen molar-refractivity contribution in [2.75, 3.05) is 5.32 Å². The Bertz CT molecular complexity index is 1490. The van der Waals surface area contributed by atoms with E-state index in [0.717, 1.165) is 30.5 Å². The van der Waals surface area contributed by atoms with Crippen LogP contribution in [0, 0.1) is 5.92 Å². The second-order valence-electron chi connectivity index (χ2n) is 8.83. The van der Waals surface area contributed by atoms with Gasteiger partial charge in [0.05, 0.1) is 23.0 Å². The van der Waals surface area contributed by atoms with E-state index in [-0.39, 0.29) is 23.6 Å². The number of anilines is 1. The maximum atomic E-state index is 13.2. The molecule has 1 amide bonds. The molecule has 1 aliphatic carbocycles. The maximum absolute atomic E-state index is 13.2. The van der Waals surface area contributed by atoms with Crippen molar-refractivity contribution in [1.82, 2.24) is 14.1 Å². The van der Waals surface area contributed by atoms with Gasteiger partial charge >= 0.3 is 5.69 Å². The minimum atomic E-state index is -0.319. The largest absolute Gasteiger partial charge is 0.331 e. The van der Waals surface area contributed by atoms with Crippen LogP contribution >= 0.6 is 11.3 Å². The fraction of sp³-hybridized carbons (Fsp3) is 0.308. The highest BCUT2D eigenvalue weighted by molar-refractivity contribution is 7.14. The van der Waals surface area contributed by atoms with Crippen molar-refractivity contribution in [1.29, 1.82) is 0 Å². The zero-order valence-electron chi connectivity index (χ0n) is 19.2. The predicted molar refractivity (Wildman–Crippen MR) is 135 cm³/mol. The number of amides is 1. The summed E-state index contributed by atoms with van der Waals surface area (Å²) in [5, 5.41) is 5.72. The average Bonchev–Trinajstić information content (AvgIpc) is 3.55. The molecule has 0 radical (unpaired) electrons. The lowest BCUT2D eigenvalue weighted by atomic mass is 10.1. The first-order chi connectivity index (χ1) is 16.4. The highest BCUT2D eigenvalue weighted by atomic mass is 32.1. The number of fused-ring (bicyclic) bond motifs is 1. The summed E-state index contributed by atoms with van der Waals surface area (Å²) >= 11 is 1.37. The van der Waals surface area contributed by atoms with Crippen LogP contribution in [0.25, 0.3) is 22.2 Å². The highest BCUT2D eigenvalue weighted by Crippen LogP contribution is 2.30. The molecule has 0 atom stereocenters. The molecule has 2 aromatic carbocycles. The van der Waals surface area contributed by atoms with E-state index in [4.69, 9.17) is 0 Å². The minimum absolute atomic E-state index is 0.0221. The fourth-order valence-electron chi connectivity index (χ4n) is 4.20. The summed E-state index contributed by atoms with van der Waals surface area (Å²) < 4.78 is 2.82. The highest BCUT2D eigenvalue weighted by Gasteiger charge is 2.25. The Kier molecular flexibility index (Phi) is 5.91. The van der Waals surface area contributed by atoms with Gasteiger partial charge in [-0.3, -0.25) is 18.7 Å². The Morgan fingerprint density at radius 1 is 1.15 bits per heavy atom. The van der Waals surface area contributed by atoms with Gasteiger partial charge in [-0.15, -0.1) is 11.3 Å². The number of hydrogen-bond acceptors (Lipinski definition) is 5. The van der Waals surface area contributed by atoms with Gasteiger partial charge in [0, 0.05) is 24.5 Å². The lowest BCUT2D eigenvalue weighted by Gasteiger charge is -2.13. The minimum Gasteiger partial charge on any atom is -0.302 e. The lowest BCUT2D eigenvalue weighted by Crippen LogP contribution is -2.40. The second kappa shape index (κ2) is 9.02. The molecule has 1 aliphatic rings. The molecule has 1 fully saturated rings. The summed E-state index contributed by atoms with van der Waals surface area (Å²) in [6.45, 7) is 2.55. The number of aromatic nitrogens is 3. The van der Waals surface area contributed by atoms with Crippen LogP contribution in [0.3, 0.4) is 0 Å². The van der Waals surface area contributed by atoms with Crippen LogP contribution in [0.1, 0.15) is 30.9 Å². The smallest absolute Gasteiger partial charge is 0.302 e. The van der Waals surface area contributed by atoms with E-state index < -0.39 is 0 Å². The zero-order valence-corrected chi connectivity index (χ0v) is 20.0. The van der Waals surface area contributed by atoms with E-state index in [1.165, 1.54) is 26.0 Å². The molecule has 2 aromatic heterocycles. The molecule has 5 rings (SSSR count). The Morgan fingerprint density at radius 2 is 1.91 bits per heavy atom. The summed E-state index contributed by atoms with van der Waals surface area (Å²) in [5.41, 5.74) is 3.59. The molecule has 8 heteroatoms. The van der Waals surface area contributed by atoms with Gasteiger partial charge in [-0.25, -0.2) is 9.78 Å². The number of aryl methyl sites for hydroxylation is 2. The van der Waals surface area contributed by atoms with Crippen LogP contribution in [-0.2, 0) is 31.2 Å². The van der Waals surface area contributed by atoms with Gasteiger partial charge in [0.25, 0.3) is 5.56 Å². The Balaban J connectivity index is 1.39. The normalized spacial score (nSPS) is 13.4. The van der Waals surface area contributed by atoms with Gasteiger partial charge < -0.3 is 5.32 Å². The predicted octanol–water partition coefficient (Wildman–Crippen LogP) is 3.98. The first-order valence-corrected chi connectivity index (χ1v) is 12.4. The molecule has 174 valence electrons. The van der Waals surface area contributed by atoms with Gasteiger partial charge in [0.15, 0.2) is 5.13 Å². The number of rotatable bonds is 7. The van der Waals surface area contributed by atoms with Crippen molar-refractivity contribution >= 4 is 33.3 Å². The number of benzene rings is 2. The molecule has 0 spiro atoms. The molecule has 0 unspecified atom stereocenters. The van der Waals surface area contributed by atoms with E-state index in [1.807, 2.05) is 17.5 Å². The van der Waals surface area contributed by atoms with Crippen LogP contribution in [0.5, 0.6) is 0 Å². The van der Waals surface area contributed by atoms with Crippen molar-refractivity contribution in [3.8, 4) is 11.3 Å². The molecule has 34 heavy (non-hydrogen) atoms. The first-order valence-electron chi connectivity index (χ1n) is 11.5. The molecule has 4 aromatic rings. The zero-order chi connectivity index (χ0) is 23.8. The summed E-state index contributed by atoms with van der Waals surface area (Å²) in [4.78, 5) is 43.4. The molecule has 0 saturated heterocycles. The molecule has 0 aliphatic heterocycles. The van der Waals surface area contributed by atoms with E-state index in [0.29, 0.717) is 34.1 Å². The van der Waals surface area contributed by atoms with Gasteiger partial charge in [-0.05, 0) is 42.4 Å². The van der Waals surface area contributed by atoms with Crippen LogP contribution < -0.4 is 16.6 Å². The second-order valence-corrected chi connectivity index (χ2v) is 9.68. The average molecular weight is 475 g/mol. The topological polar surface area (TPSA) is 86.0 Å². The molecular weight excluding hydrogens is 448 g/mol. The summed E-state index contributed by atoms with van der Waals surface area (Å²) in [7, 11) is 1.67. The van der Waals surface area contributed by atoms with Gasteiger partial charge in [0.2, 0.25) is 5.91 Å². The molecule has 0 bridgehead atoms. The fourth-order valence-corrected chi connectivity index (χ4v) is 4.93. The van der Waals surface area contributed by atoms with E-state index in [2.05, 4.69) is 29.4 Å². The van der Waals surface area contributed by atoms with Crippen molar-refractivity contribution in [2.45, 2.75) is 39.2 Å². The number of nitrogens with zero attached hydrogens (tertiary/aromatic N) is 3. The van der Waals surface area contributed by atoms with Crippen molar-refractivity contribution in [3.05, 3.63) is 79.8 Å². The molecule has 2 heterocycles. The Morgan fingerprint density at radius 3 is 2.62 bits per heavy atom. The third kappa shape index (κ3) is 4.33. The van der Waals surface area contributed by atoms with Gasteiger partial charge in [-0.2, -0.15) is 0 Å². The summed E-state index contributed by atoms with van der Waals surface area (Å²) in [6, 6.07) is 13.5. The van der Waals surface area contributed by atoms with Crippen LogP contribution in [0.2, 0.25) is 0 Å². The third-order valence-corrected chi connectivity index (χ3v) is 7.12. The number of carbonyl (C=O) groups is 1. The lowest BCUT2D eigenvalue weighted by molar-refractivity contribution is -0.115. The monoisotopic (exact) mass is 474 g/mol. The Labute approximate surface area is 200 Å². The standard InChI is InChI=1S/C26H26N4O3S/c1-3-16-9-11-18(12-10-16)20-15-34-25(27-20)28-22(31)13-19-5-4-6-21-23(19)24(32)30(14-17-7-8-17)26(33)29(21)2/h4-6,9-12,15,17H,3,7-8,13-14H2,1-2H3,(H,27,28,31). The van der Waals surface area contributed by atoms with Gasteiger partial charge in [0.1, 0.15) is 0 Å². The van der Waals surface area contributed by atoms with Crippen LogP contribution in [0.15, 0.2) is 57.4 Å². The van der Waals surface area contributed by atoms with Crippen molar-refractivity contribution in [2.24, 2.45) is 13.0 Å². The number of thiazole rings is 1. The quantitative estimate of drug-likeness (QED) is 0.439.